The fraction of sp³-hybridized carbons (Fsp3) is 0.0625. The van der Waals surface area contributed by atoms with Crippen LogP contribution in [-0.4, -0.2) is 16.1 Å². The molecule has 1 N–H and O–H groups in total. The van der Waals surface area contributed by atoms with Crippen molar-refractivity contribution >= 4 is 34.5 Å². The fourth-order valence-electron chi connectivity index (χ4n) is 1.96. The summed E-state index contributed by atoms with van der Waals surface area (Å²) in [6.07, 6.45) is 0.367. The van der Waals surface area contributed by atoms with E-state index in [1.165, 1.54) is 12.1 Å². The number of aromatic nitrogens is 2. The number of amides is 1. The largest absolute Gasteiger partial charge is 0.407 e. The first kappa shape index (κ1) is 15.6. The van der Waals surface area contributed by atoms with E-state index in [-0.39, 0.29) is 17.7 Å². The maximum Gasteiger partial charge on any atom is 0.322 e. The second kappa shape index (κ2) is 6.86. The third kappa shape index (κ3) is 3.92. The SMILES string of the molecule is O=C(Nc1nnc(Cc2ccc(F)cc2)o1)c1ccccc1I. The number of hydrogen-bond donors (Lipinski definition) is 1. The molecule has 0 aliphatic heterocycles. The number of anilines is 1. The molecule has 0 fully saturated rings. The second-order valence-corrected chi connectivity index (χ2v) is 5.90. The molecule has 3 rings (SSSR count). The Hall–Kier alpha value is -2.29. The zero-order valence-electron chi connectivity index (χ0n) is 11.8. The normalized spacial score (nSPS) is 10.5. The number of carbonyl (C=O) groups is 1. The Balaban J connectivity index is 1.69. The monoisotopic (exact) mass is 423 g/mol. The van der Waals surface area contributed by atoms with Gasteiger partial charge in [0, 0.05) is 3.57 Å². The summed E-state index contributed by atoms with van der Waals surface area (Å²) in [4.78, 5) is 12.2. The van der Waals surface area contributed by atoms with Crippen LogP contribution in [0.1, 0.15) is 21.8 Å². The first-order valence-corrected chi connectivity index (χ1v) is 7.82. The van der Waals surface area contributed by atoms with Crippen molar-refractivity contribution in [1.29, 1.82) is 0 Å². The van der Waals surface area contributed by atoms with Crippen molar-refractivity contribution in [1.82, 2.24) is 10.2 Å². The zero-order valence-corrected chi connectivity index (χ0v) is 14.0. The third-order valence-electron chi connectivity index (χ3n) is 3.07. The average Bonchev–Trinajstić information content (AvgIpc) is 2.97. The van der Waals surface area contributed by atoms with E-state index in [4.69, 9.17) is 4.42 Å². The lowest BCUT2D eigenvalue weighted by molar-refractivity contribution is 0.102. The van der Waals surface area contributed by atoms with Gasteiger partial charge < -0.3 is 4.42 Å². The van der Waals surface area contributed by atoms with Gasteiger partial charge in [-0.2, -0.15) is 0 Å². The van der Waals surface area contributed by atoms with Crippen LogP contribution in [0.4, 0.5) is 10.4 Å². The lowest BCUT2D eigenvalue weighted by Gasteiger charge is -2.02. The number of nitrogens with one attached hydrogen (secondary N) is 1. The lowest BCUT2D eigenvalue weighted by atomic mass is 10.1. The van der Waals surface area contributed by atoms with Crippen LogP contribution in [0.2, 0.25) is 0 Å². The maximum atomic E-state index is 12.9. The molecule has 0 saturated heterocycles. The molecule has 7 heteroatoms. The van der Waals surface area contributed by atoms with Crippen molar-refractivity contribution in [2.24, 2.45) is 0 Å². The molecule has 0 aliphatic carbocycles. The van der Waals surface area contributed by atoms with E-state index >= 15 is 0 Å². The molecule has 0 saturated carbocycles. The summed E-state index contributed by atoms with van der Waals surface area (Å²) in [5.74, 6) is -0.272. The number of halogens is 2. The quantitative estimate of drug-likeness (QED) is 0.651. The standard InChI is InChI=1S/C16H11FIN3O2/c17-11-7-5-10(6-8-11)9-14-20-21-16(23-14)19-15(22)12-3-1-2-4-13(12)18/h1-8H,9H2,(H,19,21,22). The zero-order chi connectivity index (χ0) is 16.2. The Morgan fingerprint density at radius 2 is 1.87 bits per heavy atom. The highest BCUT2D eigenvalue weighted by atomic mass is 127. The van der Waals surface area contributed by atoms with E-state index in [1.807, 2.05) is 12.1 Å². The molecule has 1 aromatic heterocycles. The topological polar surface area (TPSA) is 68.0 Å². The molecule has 0 atom stereocenters. The molecule has 0 spiro atoms. The van der Waals surface area contributed by atoms with Gasteiger partial charge in [0.25, 0.3) is 5.91 Å². The highest BCUT2D eigenvalue weighted by molar-refractivity contribution is 14.1. The van der Waals surface area contributed by atoms with Crippen molar-refractivity contribution in [2.75, 3.05) is 5.32 Å². The summed E-state index contributed by atoms with van der Waals surface area (Å²) in [6.45, 7) is 0. The molecule has 3 aromatic rings. The van der Waals surface area contributed by atoms with Gasteiger partial charge >= 0.3 is 6.01 Å². The molecule has 1 amide bonds. The number of benzene rings is 2. The van der Waals surface area contributed by atoms with Crippen LogP contribution in [0.5, 0.6) is 0 Å². The summed E-state index contributed by atoms with van der Waals surface area (Å²) >= 11 is 2.08. The first-order chi connectivity index (χ1) is 11.1. The Kier molecular flexibility index (Phi) is 4.65. The second-order valence-electron chi connectivity index (χ2n) is 4.74. The van der Waals surface area contributed by atoms with Gasteiger partial charge in [0.15, 0.2) is 0 Å². The minimum absolute atomic E-state index is 0.0340. The Morgan fingerprint density at radius 1 is 1.13 bits per heavy atom. The maximum absolute atomic E-state index is 12.9. The molecular weight excluding hydrogens is 412 g/mol. The predicted molar refractivity (Wildman–Crippen MR) is 90.6 cm³/mol. The lowest BCUT2D eigenvalue weighted by Crippen LogP contribution is -2.13. The van der Waals surface area contributed by atoms with Gasteiger partial charge in [-0.3, -0.25) is 10.1 Å². The van der Waals surface area contributed by atoms with Crippen molar-refractivity contribution in [2.45, 2.75) is 6.42 Å². The molecular formula is C16H11FIN3O2. The number of nitrogens with zero attached hydrogens (tertiary/aromatic N) is 2. The molecule has 2 aromatic carbocycles. The van der Waals surface area contributed by atoms with Crippen LogP contribution >= 0.6 is 22.6 Å². The average molecular weight is 423 g/mol. The predicted octanol–water partition coefficient (Wildman–Crippen LogP) is 3.66. The minimum Gasteiger partial charge on any atom is -0.407 e. The fourth-order valence-corrected chi connectivity index (χ4v) is 2.59. The minimum atomic E-state index is -0.313. The van der Waals surface area contributed by atoms with Gasteiger partial charge in [0.1, 0.15) is 5.82 Å². The van der Waals surface area contributed by atoms with E-state index in [2.05, 4.69) is 38.1 Å². The summed E-state index contributed by atoms with van der Waals surface area (Å²) in [5, 5.41) is 10.2. The van der Waals surface area contributed by atoms with Crippen LogP contribution < -0.4 is 5.32 Å². The molecule has 1 heterocycles. The van der Waals surface area contributed by atoms with Gasteiger partial charge in [0.2, 0.25) is 5.89 Å². The Bertz CT molecular complexity index is 833. The van der Waals surface area contributed by atoms with E-state index in [0.717, 1.165) is 9.13 Å². The van der Waals surface area contributed by atoms with Crippen molar-refractivity contribution in [3.8, 4) is 0 Å². The Labute approximate surface area is 145 Å². The number of rotatable bonds is 4. The van der Waals surface area contributed by atoms with Crippen LogP contribution in [0.3, 0.4) is 0 Å². The van der Waals surface area contributed by atoms with Crippen LogP contribution in [0.15, 0.2) is 52.9 Å². The van der Waals surface area contributed by atoms with E-state index in [1.54, 1.807) is 24.3 Å². The highest BCUT2D eigenvalue weighted by Gasteiger charge is 2.13. The Morgan fingerprint density at radius 3 is 2.61 bits per heavy atom. The van der Waals surface area contributed by atoms with Crippen molar-refractivity contribution < 1.29 is 13.6 Å². The van der Waals surface area contributed by atoms with Crippen LogP contribution in [0, 0.1) is 9.39 Å². The van der Waals surface area contributed by atoms with E-state index in [9.17, 15) is 9.18 Å². The van der Waals surface area contributed by atoms with Crippen LogP contribution in [-0.2, 0) is 6.42 Å². The molecule has 5 nitrogen and oxygen atoms in total. The molecule has 23 heavy (non-hydrogen) atoms. The molecule has 0 bridgehead atoms. The number of hydrogen-bond acceptors (Lipinski definition) is 4. The van der Waals surface area contributed by atoms with Gasteiger partial charge in [-0.1, -0.05) is 29.4 Å². The van der Waals surface area contributed by atoms with E-state index in [0.29, 0.717) is 17.9 Å². The molecule has 0 unspecified atom stereocenters. The number of carbonyl (C=O) groups excluding carboxylic acids is 1. The van der Waals surface area contributed by atoms with Gasteiger partial charge in [-0.05, 0) is 52.4 Å². The van der Waals surface area contributed by atoms with Crippen LogP contribution in [0.25, 0.3) is 0 Å². The summed E-state index contributed by atoms with van der Waals surface area (Å²) in [6, 6.07) is 13.2. The van der Waals surface area contributed by atoms with Crippen molar-refractivity contribution in [3.05, 3.63) is 74.9 Å². The molecule has 0 radical (unpaired) electrons. The summed E-state index contributed by atoms with van der Waals surface area (Å²) in [7, 11) is 0. The molecule has 0 aliphatic rings. The van der Waals surface area contributed by atoms with E-state index < -0.39 is 0 Å². The third-order valence-corrected chi connectivity index (χ3v) is 4.02. The molecule has 116 valence electrons. The summed E-state index contributed by atoms with van der Waals surface area (Å²) < 4.78 is 19.1. The van der Waals surface area contributed by atoms with Gasteiger partial charge in [-0.15, -0.1) is 5.10 Å². The highest BCUT2D eigenvalue weighted by Crippen LogP contribution is 2.15. The van der Waals surface area contributed by atoms with Crippen molar-refractivity contribution in [3.63, 3.8) is 0 Å². The van der Waals surface area contributed by atoms with Gasteiger partial charge in [-0.25, -0.2) is 4.39 Å². The first-order valence-electron chi connectivity index (χ1n) is 6.74. The van der Waals surface area contributed by atoms with Gasteiger partial charge in [0.05, 0.1) is 12.0 Å². The smallest absolute Gasteiger partial charge is 0.322 e. The summed E-state index contributed by atoms with van der Waals surface area (Å²) in [5.41, 5.74) is 1.37.